The number of allylic oxidation sites excluding steroid dienone is 2. The first-order valence-corrected chi connectivity index (χ1v) is 11.4. The van der Waals surface area contributed by atoms with Crippen LogP contribution in [0.4, 0.5) is 0 Å². The highest BCUT2D eigenvalue weighted by Crippen LogP contribution is 2.64. The van der Waals surface area contributed by atoms with E-state index < -0.39 is 0 Å². The van der Waals surface area contributed by atoms with Gasteiger partial charge in [-0.2, -0.15) is 5.10 Å². The fourth-order valence-electron chi connectivity index (χ4n) is 7.50. The summed E-state index contributed by atoms with van der Waals surface area (Å²) in [4.78, 5) is 16.4. The fraction of sp³-hybridized carbons (Fsp3) is 0.640. The molecule has 4 nitrogen and oxygen atoms in total. The zero-order chi connectivity index (χ0) is 20.1. The molecule has 0 aromatic carbocycles. The van der Waals surface area contributed by atoms with Crippen LogP contribution in [-0.4, -0.2) is 16.6 Å². The topological polar surface area (TPSA) is 54.4 Å². The summed E-state index contributed by atoms with van der Waals surface area (Å²) < 4.78 is 0. The van der Waals surface area contributed by atoms with Gasteiger partial charge in [-0.3, -0.25) is 9.78 Å². The van der Waals surface area contributed by atoms with Crippen molar-refractivity contribution in [1.82, 2.24) is 10.4 Å². The Hall–Kier alpha value is -1.97. The van der Waals surface area contributed by atoms with E-state index in [1.54, 1.807) is 24.5 Å². The van der Waals surface area contributed by atoms with Crippen LogP contribution >= 0.6 is 0 Å². The first kappa shape index (κ1) is 19.0. The zero-order valence-electron chi connectivity index (χ0n) is 17.7. The second-order valence-electron chi connectivity index (χ2n) is 10.3. The van der Waals surface area contributed by atoms with E-state index in [4.69, 9.17) is 0 Å². The molecule has 3 saturated carbocycles. The molecule has 0 bridgehead atoms. The summed E-state index contributed by atoms with van der Waals surface area (Å²) in [6.45, 7) is 5.01. The Morgan fingerprint density at radius 1 is 1.10 bits per heavy atom. The smallest absolute Gasteiger partial charge is 0.267 e. The van der Waals surface area contributed by atoms with Crippen molar-refractivity contribution in [2.45, 2.75) is 65.2 Å². The molecule has 1 heterocycles. The number of amides is 1. The summed E-state index contributed by atoms with van der Waals surface area (Å²) in [5.74, 6) is 3.15. The third-order valence-electron chi connectivity index (χ3n) is 9.19. The van der Waals surface area contributed by atoms with Crippen LogP contribution in [-0.2, 0) is 0 Å². The van der Waals surface area contributed by atoms with E-state index in [0.29, 0.717) is 11.0 Å². The fourth-order valence-corrected chi connectivity index (χ4v) is 7.50. The first-order valence-electron chi connectivity index (χ1n) is 11.4. The van der Waals surface area contributed by atoms with Gasteiger partial charge in [-0.1, -0.05) is 26.0 Å². The van der Waals surface area contributed by atoms with Crippen molar-refractivity contribution >= 4 is 11.6 Å². The monoisotopic (exact) mass is 391 g/mol. The molecule has 0 unspecified atom stereocenters. The molecule has 3 fully saturated rings. The molecule has 0 radical (unpaired) electrons. The Balaban J connectivity index is 1.35. The summed E-state index contributed by atoms with van der Waals surface area (Å²) in [6, 6.07) is 3.47. The highest BCUT2D eigenvalue weighted by molar-refractivity contribution is 5.97. The molecular formula is C25H33N3O. The molecule has 1 aromatic rings. The molecule has 0 saturated heterocycles. The molecule has 1 N–H and O–H groups in total. The van der Waals surface area contributed by atoms with Gasteiger partial charge >= 0.3 is 0 Å². The van der Waals surface area contributed by atoms with Crippen molar-refractivity contribution < 1.29 is 4.79 Å². The lowest BCUT2D eigenvalue weighted by atomic mass is 9.46. The summed E-state index contributed by atoms with van der Waals surface area (Å²) in [7, 11) is 0. The number of hydrazone groups is 1. The van der Waals surface area contributed by atoms with Crippen molar-refractivity contribution in [2.75, 3.05) is 0 Å². The van der Waals surface area contributed by atoms with Gasteiger partial charge in [0.25, 0.3) is 5.91 Å². The Bertz CT molecular complexity index is 847. The maximum Gasteiger partial charge on any atom is 0.271 e. The average Bonchev–Trinajstić information content (AvgIpc) is 3.08. The van der Waals surface area contributed by atoms with Crippen molar-refractivity contribution in [1.29, 1.82) is 0 Å². The van der Waals surface area contributed by atoms with Gasteiger partial charge in [0, 0.05) is 29.1 Å². The zero-order valence-corrected chi connectivity index (χ0v) is 17.7. The number of pyridine rings is 1. The van der Waals surface area contributed by atoms with Gasteiger partial charge in [-0.25, -0.2) is 5.43 Å². The molecule has 4 heteroatoms. The van der Waals surface area contributed by atoms with Gasteiger partial charge < -0.3 is 0 Å². The Morgan fingerprint density at radius 3 is 2.76 bits per heavy atom. The maximum atomic E-state index is 12.4. The summed E-state index contributed by atoms with van der Waals surface area (Å²) in [5.41, 5.74) is 5.32. The Kier molecular flexibility index (Phi) is 4.64. The van der Waals surface area contributed by atoms with E-state index in [9.17, 15) is 4.79 Å². The Morgan fingerprint density at radius 2 is 1.93 bits per heavy atom. The minimum atomic E-state index is -0.136. The van der Waals surface area contributed by atoms with E-state index in [1.807, 2.05) is 0 Å². The minimum absolute atomic E-state index is 0.136. The van der Waals surface area contributed by atoms with E-state index in [0.717, 1.165) is 30.1 Å². The molecule has 1 amide bonds. The van der Waals surface area contributed by atoms with Crippen LogP contribution < -0.4 is 5.43 Å². The van der Waals surface area contributed by atoms with Crippen molar-refractivity contribution in [2.24, 2.45) is 39.6 Å². The van der Waals surface area contributed by atoms with Crippen LogP contribution in [0.25, 0.3) is 0 Å². The van der Waals surface area contributed by atoms with E-state index >= 15 is 0 Å². The summed E-state index contributed by atoms with van der Waals surface area (Å²) in [5, 5.41) is 4.68. The molecule has 154 valence electrons. The van der Waals surface area contributed by atoms with Gasteiger partial charge in [-0.15, -0.1) is 0 Å². The van der Waals surface area contributed by atoms with Crippen LogP contribution in [0.3, 0.4) is 0 Å². The second-order valence-corrected chi connectivity index (χ2v) is 10.3. The predicted molar refractivity (Wildman–Crippen MR) is 115 cm³/mol. The van der Waals surface area contributed by atoms with Gasteiger partial charge in [0.15, 0.2) is 0 Å². The molecule has 1 aromatic heterocycles. The van der Waals surface area contributed by atoms with Gasteiger partial charge in [-0.05, 0) is 92.6 Å². The normalized spacial score (nSPS) is 42.1. The largest absolute Gasteiger partial charge is 0.271 e. The number of fused-ring (bicyclic) bond motifs is 5. The SMILES string of the molecule is C[C@]12CC=CC[C@@H]1CC[C@@H]1[C@@H]2CC[C@]2(C)/C(=N/NC(=O)c3ccncc3)CC[C@@H]12. The summed E-state index contributed by atoms with van der Waals surface area (Å²) in [6.07, 6.45) is 18.3. The number of carbonyl (C=O) groups excluding carboxylic acids is 1. The maximum absolute atomic E-state index is 12.4. The molecule has 4 aliphatic rings. The number of carbonyl (C=O) groups is 1. The predicted octanol–water partition coefficient (Wildman–Crippen LogP) is 5.38. The van der Waals surface area contributed by atoms with Crippen LogP contribution in [0.5, 0.6) is 0 Å². The third-order valence-corrected chi connectivity index (χ3v) is 9.19. The lowest BCUT2D eigenvalue weighted by Crippen LogP contribution is -2.52. The molecule has 6 atom stereocenters. The molecule has 5 rings (SSSR count). The number of aromatic nitrogens is 1. The highest BCUT2D eigenvalue weighted by atomic mass is 16.2. The molecule has 4 aliphatic carbocycles. The van der Waals surface area contributed by atoms with Crippen LogP contribution in [0, 0.1) is 34.5 Å². The van der Waals surface area contributed by atoms with Crippen LogP contribution in [0.15, 0.2) is 41.8 Å². The van der Waals surface area contributed by atoms with Crippen LogP contribution in [0.2, 0.25) is 0 Å². The van der Waals surface area contributed by atoms with Crippen molar-refractivity contribution in [3.8, 4) is 0 Å². The quantitative estimate of drug-likeness (QED) is 0.544. The Labute approximate surface area is 174 Å². The summed E-state index contributed by atoms with van der Waals surface area (Å²) >= 11 is 0. The van der Waals surface area contributed by atoms with Gasteiger partial charge in [0.2, 0.25) is 0 Å². The molecular weight excluding hydrogens is 358 g/mol. The van der Waals surface area contributed by atoms with E-state index in [-0.39, 0.29) is 11.3 Å². The van der Waals surface area contributed by atoms with Crippen LogP contribution in [0.1, 0.15) is 75.6 Å². The van der Waals surface area contributed by atoms with Crippen molar-refractivity contribution in [3.63, 3.8) is 0 Å². The van der Waals surface area contributed by atoms with E-state index in [2.05, 4.69) is 41.5 Å². The number of hydrogen-bond acceptors (Lipinski definition) is 3. The highest BCUT2D eigenvalue weighted by Gasteiger charge is 2.58. The lowest BCUT2D eigenvalue weighted by molar-refractivity contribution is -0.0761. The average molecular weight is 392 g/mol. The van der Waals surface area contributed by atoms with Gasteiger partial charge in [0.1, 0.15) is 0 Å². The number of rotatable bonds is 2. The number of nitrogens with zero attached hydrogens (tertiary/aromatic N) is 2. The minimum Gasteiger partial charge on any atom is -0.267 e. The second kappa shape index (κ2) is 7.07. The number of hydrogen-bond donors (Lipinski definition) is 1. The number of nitrogens with one attached hydrogen (secondary N) is 1. The first-order chi connectivity index (χ1) is 14.0. The molecule has 0 aliphatic heterocycles. The third kappa shape index (κ3) is 2.98. The molecule has 0 spiro atoms. The van der Waals surface area contributed by atoms with E-state index in [1.165, 1.54) is 50.7 Å². The van der Waals surface area contributed by atoms with Crippen molar-refractivity contribution in [3.05, 3.63) is 42.2 Å². The molecule has 29 heavy (non-hydrogen) atoms. The standard InChI is InChI=1S/C25H33N3O/c1-24-13-4-3-5-18(24)6-7-19-20-8-9-22(25(20,2)14-10-21(19)24)27-28-23(29)17-11-15-26-16-12-17/h3-4,11-12,15-16,18-21H,5-10,13-14H2,1-2H3,(H,28,29)/b27-22+/t18-,19+,20+,21+,24+,25+/m1/s1. The lowest BCUT2D eigenvalue weighted by Gasteiger charge is -2.59. The van der Waals surface area contributed by atoms with Gasteiger partial charge in [0.05, 0.1) is 0 Å².